The van der Waals surface area contributed by atoms with Gasteiger partial charge in [0, 0.05) is 18.2 Å². The standard InChI is InChI=1S/C18H28N2O3/c1-13(18(21)19-15-9-5-6-10-15)20(2)12-14-8-7-11-16(22-3)17(14)23-4/h7-8,11,13,15H,5-6,9-10,12H2,1-4H3,(H,19,21). The van der Waals surface area contributed by atoms with Crippen molar-refractivity contribution in [1.29, 1.82) is 0 Å². The molecule has 0 heterocycles. The molecular weight excluding hydrogens is 292 g/mol. The topological polar surface area (TPSA) is 50.8 Å². The third-order valence-electron chi connectivity index (χ3n) is 4.65. The Labute approximate surface area is 139 Å². The maximum absolute atomic E-state index is 12.4. The highest BCUT2D eigenvalue weighted by molar-refractivity contribution is 5.81. The van der Waals surface area contributed by atoms with E-state index in [4.69, 9.17) is 9.47 Å². The molecule has 2 rings (SSSR count). The number of hydrogen-bond donors (Lipinski definition) is 1. The molecule has 1 amide bonds. The van der Waals surface area contributed by atoms with Crippen LogP contribution in [0.5, 0.6) is 11.5 Å². The van der Waals surface area contributed by atoms with Gasteiger partial charge in [-0.3, -0.25) is 9.69 Å². The molecule has 128 valence electrons. The summed E-state index contributed by atoms with van der Waals surface area (Å²) in [5.74, 6) is 1.54. The predicted molar refractivity (Wildman–Crippen MR) is 90.9 cm³/mol. The van der Waals surface area contributed by atoms with Gasteiger partial charge in [-0.25, -0.2) is 0 Å². The molecule has 1 aromatic carbocycles. The molecule has 0 spiro atoms. The number of likely N-dealkylation sites (N-methyl/N-ethyl adjacent to an activating group) is 1. The van der Waals surface area contributed by atoms with E-state index in [2.05, 4.69) is 5.32 Å². The number of amides is 1. The first-order chi connectivity index (χ1) is 11.1. The van der Waals surface area contributed by atoms with Crippen molar-refractivity contribution in [3.63, 3.8) is 0 Å². The molecule has 0 aliphatic heterocycles. The Morgan fingerprint density at radius 1 is 1.30 bits per heavy atom. The van der Waals surface area contributed by atoms with Crippen LogP contribution in [-0.2, 0) is 11.3 Å². The van der Waals surface area contributed by atoms with Crippen LogP contribution in [0.1, 0.15) is 38.2 Å². The number of nitrogens with one attached hydrogen (secondary N) is 1. The second kappa shape index (κ2) is 8.20. The summed E-state index contributed by atoms with van der Waals surface area (Å²) in [7, 11) is 5.22. The number of ether oxygens (including phenoxy) is 2. The Hall–Kier alpha value is -1.75. The molecule has 0 radical (unpaired) electrons. The highest BCUT2D eigenvalue weighted by Crippen LogP contribution is 2.31. The van der Waals surface area contributed by atoms with Crippen LogP contribution in [0.4, 0.5) is 0 Å². The van der Waals surface area contributed by atoms with Crippen molar-refractivity contribution in [1.82, 2.24) is 10.2 Å². The largest absolute Gasteiger partial charge is 0.493 e. The minimum atomic E-state index is -0.188. The highest BCUT2D eigenvalue weighted by atomic mass is 16.5. The van der Waals surface area contributed by atoms with Gasteiger partial charge in [0.05, 0.1) is 20.3 Å². The SMILES string of the molecule is COc1cccc(CN(C)C(C)C(=O)NC2CCCC2)c1OC. The zero-order valence-electron chi connectivity index (χ0n) is 14.6. The van der Waals surface area contributed by atoms with Crippen molar-refractivity contribution in [3.8, 4) is 11.5 Å². The molecule has 1 aliphatic carbocycles. The number of methoxy groups -OCH3 is 2. The molecule has 1 N–H and O–H groups in total. The number of para-hydroxylation sites is 1. The summed E-state index contributed by atoms with van der Waals surface area (Å²) in [5, 5.41) is 3.16. The van der Waals surface area contributed by atoms with Gasteiger partial charge in [-0.15, -0.1) is 0 Å². The van der Waals surface area contributed by atoms with Gasteiger partial charge in [-0.2, -0.15) is 0 Å². The first-order valence-electron chi connectivity index (χ1n) is 8.27. The van der Waals surface area contributed by atoms with Crippen LogP contribution < -0.4 is 14.8 Å². The average Bonchev–Trinajstić information content (AvgIpc) is 3.06. The molecule has 0 aromatic heterocycles. The second-order valence-corrected chi connectivity index (χ2v) is 6.23. The predicted octanol–water partition coefficient (Wildman–Crippen LogP) is 2.58. The smallest absolute Gasteiger partial charge is 0.237 e. The number of hydrogen-bond acceptors (Lipinski definition) is 4. The van der Waals surface area contributed by atoms with Gasteiger partial charge >= 0.3 is 0 Å². The molecule has 23 heavy (non-hydrogen) atoms. The average molecular weight is 320 g/mol. The summed E-state index contributed by atoms with van der Waals surface area (Å²) >= 11 is 0. The van der Waals surface area contributed by atoms with Gasteiger partial charge in [-0.05, 0) is 32.9 Å². The van der Waals surface area contributed by atoms with E-state index < -0.39 is 0 Å². The summed E-state index contributed by atoms with van der Waals surface area (Å²) in [4.78, 5) is 14.4. The van der Waals surface area contributed by atoms with Crippen LogP contribution in [0.25, 0.3) is 0 Å². The quantitative estimate of drug-likeness (QED) is 0.839. The summed E-state index contributed by atoms with van der Waals surface area (Å²) in [5.41, 5.74) is 1.01. The number of carbonyl (C=O) groups excluding carboxylic acids is 1. The zero-order valence-corrected chi connectivity index (χ0v) is 14.6. The number of nitrogens with zero attached hydrogens (tertiary/aromatic N) is 1. The van der Waals surface area contributed by atoms with E-state index in [-0.39, 0.29) is 11.9 Å². The number of rotatable bonds is 7. The van der Waals surface area contributed by atoms with E-state index in [1.165, 1.54) is 12.8 Å². The van der Waals surface area contributed by atoms with Crippen LogP contribution in [0.2, 0.25) is 0 Å². The van der Waals surface area contributed by atoms with E-state index in [1.54, 1.807) is 14.2 Å². The first kappa shape index (κ1) is 17.6. The summed E-state index contributed by atoms with van der Waals surface area (Å²) in [6.45, 7) is 2.57. The Kier molecular flexibility index (Phi) is 6.28. The van der Waals surface area contributed by atoms with Crippen molar-refractivity contribution >= 4 is 5.91 Å². The maximum Gasteiger partial charge on any atom is 0.237 e. The molecule has 1 aromatic rings. The lowest BCUT2D eigenvalue weighted by Gasteiger charge is -2.26. The van der Waals surface area contributed by atoms with Crippen molar-refractivity contribution in [2.75, 3.05) is 21.3 Å². The second-order valence-electron chi connectivity index (χ2n) is 6.23. The van der Waals surface area contributed by atoms with Crippen LogP contribution in [0.3, 0.4) is 0 Å². The molecule has 0 bridgehead atoms. The molecule has 0 saturated heterocycles. The summed E-state index contributed by atoms with van der Waals surface area (Å²) in [6, 6.07) is 5.97. The van der Waals surface area contributed by atoms with Crippen LogP contribution in [0.15, 0.2) is 18.2 Å². The van der Waals surface area contributed by atoms with Crippen molar-refractivity contribution in [2.24, 2.45) is 0 Å². The number of carbonyl (C=O) groups is 1. The molecule has 1 aliphatic rings. The molecule has 1 fully saturated rings. The minimum absolute atomic E-state index is 0.0984. The lowest BCUT2D eigenvalue weighted by Crippen LogP contribution is -2.46. The molecule has 1 unspecified atom stereocenters. The van der Waals surface area contributed by atoms with Gasteiger partial charge < -0.3 is 14.8 Å². The van der Waals surface area contributed by atoms with Gasteiger partial charge in [-0.1, -0.05) is 25.0 Å². The molecular formula is C18H28N2O3. The van der Waals surface area contributed by atoms with E-state index in [9.17, 15) is 4.79 Å². The normalized spacial score (nSPS) is 16.4. The molecule has 5 heteroatoms. The van der Waals surface area contributed by atoms with Crippen LogP contribution in [-0.4, -0.2) is 44.2 Å². The Morgan fingerprint density at radius 2 is 2.00 bits per heavy atom. The fraction of sp³-hybridized carbons (Fsp3) is 0.611. The van der Waals surface area contributed by atoms with Crippen LogP contribution in [0, 0.1) is 0 Å². The van der Waals surface area contributed by atoms with E-state index >= 15 is 0 Å². The molecule has 5 nitrogen and oxygen atoms in total. The monoisotopic (exact) mass is 320 g/mol. The third kappa shape index (κ3) is 4.38. The van der Waals surface area contributed by atoms with Crippen LogP contribution >= 0.6 is 0 Å². The van der Waals surface area contributed by atoms with Gasteiger partial charge in [0.25, 0.3) is 0 Å². The van der Waals surface area contributed by atoms with Gasteiger partial charge in [0.1, 0.15) is 0 Å². The van der Waals surface area contributed by atoms with Gasteiger partial charge in [0.15, 0.2) is 11.5 Å². The number of benzene rings is 1. The highest BCUT2D eigenvalue weighted by Gasteiger charge is 2.24. The maximum atomic E-state index is 12.4. The molecule has 1 atom stereocenters. The first-order valence-corrected chi connectivity index (χ1v) is 8.27. The van der Waals surface area contributed by atoms with Crippen molar-refractivity contribution in [3.05, 3.63) is 23.8 Å². The Balaban J connectivity index is 2.00. The fourth-order valence-electron chi connectivity index (χ4n) is 3.08. The van der Waals surface area contributed by atoms with E-state index in [0.717, 1.165) is 24.2 Å². The Bertz CT molecular complexity index is 527. The van der Waals surface area contributed by atoms with Crippen molar-refractivity contribution < 1.29 is 14.3 Å². The van der Waals surface area contributed by atoms with E-state index in [1.807, 2.05) is 37.1 Å². The lowest BCUT2D eigenvalue weighted by atomic mass is 10.1. The van der Waals surface area contributed by atoms with Gasteiger partial charge in [0.2, 0.25) is 5.91 Å². The Morgan fingerprint density at radius 3 is 2.61 bits per heavy atom. The third-order valence-corrected chi connectivity index (χ3v) is 4.65. The molecule has 1 saturated carbocycles. The lowest BCUT2D eigenvalue weighted by molar-refractivity contribution is -0.126. The summed E-state index contributed by atoms with van der Waals surface area (Å²) in [6.07, 6.45) is 4.64. The summed E-state index contributed by atoms with van der Waals surface area (Å²) < 4.78 is 10.8. The minimum Gasteiger partial charge on any atom is -0.493 e. The van der Waals surface area contributed by atoms with E-state index in [0.29, 0.717) is 18.3 Å². The fourth-order valence-corrected chi connectivity index (χ4v) is 3.08. The van der Waals surface area contributed by atoms with Crippen molar-refractivity contribution in [2.45, 2.75) is 51.2 Å². The zero-order chi connectivity index (χ0) is 16.8.